The highest BCUT2D eigenvalue weighted by molar-refractivity contribution is 5.80. The standard InChI is InChI=1S/C12H11N5O2/c1-18-12-6-10(2-3-11(12)19-5-4-13)7-16-17-8-14-15-9-17/h2-3,6-9H,5H2,1H3/b16-7-. The molecule has 7 nitrogen and oxygen atoms in total. The summed E-state index contributed by atoms with van der Waals surface area (Å²) >= 11 is 0. The Bertz CT molecular complexity index is 601. The van der Waals surface area contributed by atoms with Gasteiger partial charge >= 0.3 is 0 Å². The summed E-state index contributed by atoms with van der Waals surface area (Å²) in [5.41, 5.74) is 0.829. The topological polar surface area (TPSA) is 85.3 Å². The quantitative estimate of drug-likeness (QED) is 0.748. The van der Waals surface area contributed by atoms with Gasteiger partial charge < -0.3 is 9.47 Å². The zero-order valence-electron chi connectivity index (χ0n) is 10.2. The SMILES string of the molecule is COc1cc(/C=N\n2cnnc2)ccc1OCC#N. The van der Waals surface area contributed by atoms with Crippen LogP contribution in [0.15, 0.2) is 36.0 Å². The normalized spacial score (nSPS) is 10.3. The summed E-state index contributed by atoms with van der Waals surface area (Å²) in [5.74, 6) is 1.06. The fourth-order valence-electron chi connectivity index (χ4n) is 1.38. The predicted molar refractivity (Wildman–Crippen MR) is 67.1 cm³/mol. The second-order valence-corrected chi connectivity index (χ2v) is 3.44. The van der Waals surface area contributed by atoms with E-state index in [0.29, 0.717) is 11.5 Å². The molecule has 0 fully saturated rings. The molecular formula is C12H11N5O2. The molecule has 1 aromatic carbocycles. The van der Waals surface area contributed by atoms with Crippen molar-refractivity contribution >= 4 is 6.21 Å². The second-order valence-electron chi connectivity index (χ2n) is 3.44. The smallest absolute Gasteiger partial charge is 0.174 e. The molecule has 0 N–H and O–H groups in total. The van der Waals surface area contributed by atoms with Gasteiger partial charge in [-0.1, -0.05) is 0 Å². The molecule has 0 bridgehead atoms. The molecule has 0 amide bonds. The first-order valence-corrected chi connectivity index (χ1v) is 5.40. The van der Waals surface area contributed by atoms with Crippen LogP contribution in [0.3, 0.4) is 0 Å². The fourth-order valence-corrected chi connectivity index (χ4v) is 1.38. The molecule has 0 aliphatic rings. The van der Waals surface area contributed by atoms with E-state index >= 15 is 0 Å². The van der Waals surface area contributed by atoms with E-state index in [0.717, 1.165) is 5.56 Å². The summed E-state index contributed by atoms with van der Waals surface area (Å²) in [6.07, 6.45) is 4.61. The van der Waals surface area contributed by atoms with Crippen molar-refractivity contribution in [3.8, 4) is 17.6 Å². The zero-order chi connectivity index (χ0) is 13.5. The average Bonchev–Trinajstić information content (AvgIpc) is 2.96. The number of hydrogen-bond donors (Lipinski definition) is 0. The molecule has 96 valence electrons. The van der Waals surface area contributed by atoms with Crippen molar-refractivity contribution in [1.29, 1.82) is 5.26 Å². The van der Waals surface area contributed by atoms with Gasteiger partial charge in [-0.15, -0.1) is 10.2 Å². The summed E-state index contributed by atoms with van der Waals surface area (Å²) in [6, 6.07) is 7.20. The van der Waals surface area contributed by atoms with Crippen LogP contribution in [-0.2, 0) is 0 Å². The first-order valence-electron chi connectivity index (χ1n) is 5.40. The minimum Gasteiger partial charge on any atom is -0.493 e. The molecule has 1 aromatic heterocycles. The number of methoxy groups -OCH3 is 1. The van der Waals surface area contributed by atoms with E-state index in [1.54, 1.807) is 18.3 Å². The Hall–Kier alpha value is -2.88. The minimum atomic E-state index is -0.0233. The Balaban J connectivity index is 2.17. The zero-order valence-corrected chi connectivity index (χ0v) is 10.2. The first-order chi connectivity index (χ1) is 9.33. The van der Waals surface area contributed by atoms with E-state index in [9.17, 15) is 0 Å². The number of rotatable bonds is 5. The highest BCUT2D eigenvalue weighted by atomic mass is 16.5. The van der Waals surface area contributed by atoms with Gasteiger partial charge in [0, 0.05) is 0 Å². The highest BCUT2D eigenvalue weighted by Crippen LogP contribution is 2.27. The van der Waals surface area contributed by atoms with Crippen LogP contribution in [0.4, 0.5) is 0 Å². The summed E-state index contributed by atoms with van der Waals surface area (Å²) in [7, 11) is 1.54. The molecular weight excluding hydrogens is 246 g/mol. The first kappa shape index (κ1) is 12.6. The maximum Gasteiger partial charge on any atom is 0.174 e. The van der Waals surface area contributed by atoms with Crippen molar-refractivity contribution in [2.45, 2.75) is 0 Å². The fraction of sp³-hybridized carbons (Fsp3) is 0.167. The molecule has 0 spiro atoms. The van der Waals surface area contributed by atoms with E-state index in [1.165, 1.54) is 24.4 Å². The lowest BCUT2D eigenvalue weighted by molar-refractivity contribution is 0.329. The third kappa shape index (κ3) is 3.29. The Morgan fingerprint density at radius 1 is 1.37 bits per heavy atom. The van der Waals surface area contributed by atoms with Crippen molar-refractivity contribution in [3.63, 3.8) is 0 Å². The van der Waals surface area contributed by atoms with Crippen LogP contribution >= 0.6 is 0 Å². The van der Waals surface area contributed by atoms with Crippen LogP contribution in [0.1, 0.15) is 5.56 Å². The lowest BCUT2D eigenvalue weighted by Gasteiger charge is -2.08. The molecule has 19 heavy (non-hydrogen) atoms. The number of ether oxygens (including phenoxy) is 2. The van der Waals surface area contributed by atoms with Crippen LogP contribution in [0.2, 0.25) is 0 Å². The van der Waals surface area contributed by atoms with Crippen molar-refractivity contribution < 1.29 is 9.47 Å². The van der Waals surface area contributed by atoms with Crippen LogP contribution < -0.4 is 9.47 Å². The largest absolute Gasteiger partial charge is 0.493 e. The number of benzene rings is 1. The Labute approximate surface area is 109 Å². The summed E-state index contributed by atoms with van der Waals surface area (Å²) in [4.78, 5) is 0. The molecule has 0 aliphatic heterocycles. The van der Waals surface area contributed by atoms with Gasteiger partial charge in [0.25, 0.3) is 0 Å². The van der Waals surface area contributed by atoms with Gasteiger partial charge in [0.15, 0.2) is 18.1 Å². The van der Waals surface area contributed by atoms with Crippen LogP contribution in [0.5, 0.6) is 11.5 Å². The van der Waals surface area contributed by atoms with E-state index < -0.39 is 0 Å². The monoisotopic (exact) mass is 257 g/mol. The Morgan fingerprint density at radius 2 is 2.16 bits per heavy atom. The predicted octanol–water partition coefficient (Wildman–Crippen LogP) is 1.07. The molecule has 1 heterocycles. The lowest BCUT2D eigenvalue weighted by atomic mass is 10.2. The number of hydrogen-bond acceptors (Lipinski definition) is 6. The maximum atomic E-state index is 8.48. The molecule has 0 saturated carbocycles. The molecule has 2 aromatic rings. The van der Waals surface area contributed by atoms with Gasteiger partial charge in [0.2, 0.25) is 0 Å². The van der Waals surface area contributed by atoms with E-state index in [4.69, 9.17) is 14.7 Å². The van der Waals surface area contributed by atoms with Crippen LogP contribution in [0, 0.1) is 11.3 Å². The summed E-state index contributed by atoms with van der Waals surface area (Å²) in [6.45, 7) is -0.0233. The molecule has 0 radical (unpaired) electrons. The van der Waals surface area contributed by atoms with Gasteiger partial charge in [0.05, 0.1) is 13.3 Å². The van der Waals surface area contributed by atoms with Gasteiger partial charge in [0.1, 0.15) is 18.7 Å². The maximum absolute atomic E-state index is 8.48. The number of nitriles is 1. The van der Waals surface area contributed by atoms with Crippen molar-refractivity contribution in [2.24, 2.45) is 5.10 Å². The van der Waals surface area contributed by atoms with Crippen molar-refractivity contribution in [2.75, 3.05) is 13.7 Å². The molecule has 0 aliphatic carbocycles. The molecule has 0 saturated heterocycles. The molecule has 7 heteroatoms. The van der Waals surface area contributed by atoms with E-state index in [-0.39, 0.29) is 6.61 Å². The third-order valence-corrected chi connectivity index (χ3v) is 2.23. The highest BCUT2D eigenvalue weighted by Gasteiger charge is 2.04. The van der Waals surface area contributed by atoms with Crippen molar-refractivity contribution in [3.05, 3.63) is 36.4 Å². The number of aromatic nitrogens is 3. The molecule has 0 atom stereocenters. The average molecular weight is 257 g/mol. The van der Waals surface area contributed by atoms with Crippen molar-refractivity contribution in [1.82, 2.24) is 14.9 Å². The number of nitrogens with zero attached hydrogens (tertiary/aromatic N) is 5. The molecule has 2 rings (SSSR count). The van der Waals surface area contributed by atoms with E-state index in [2.05, 4.69) is 15.3 Å². The molecule has 0 unspecified atom stereocenters. The summed E-state index contributed by atoms with van der Waals surface area (Å²) < 4.78 is 11.9. The lowest BCUT2D eigenvalue weighted by Crippen LogP contribution is -1.97. The van der Waals surface area contributed by atoms with Crippen LogP contribution in [0.25, 0.3) is 0 Å². The van der Waals surface area contributed by atoms with Gasteiger partial charge in [-0.3, -0.25) is 0 Å². The summed E-state index contributed by atoms with van der Waals surface area (Å²) in [5, 5.41) is 19.9. The van der Waals surface area contributed by atoms with Crippen LogP contribution in [-0.4, -0.2) is 34.8 Å². The third-order valence-electron chi connectivity index (χ3n) is 2.23. The van der Waals surface area contributed by atoms with Gasteiger partial charge in [-0.05, 0) is 23.8 Å². The Kier molecular flexibility index (Phi) is 4.08. The van der Waals surface area contributed by atoms with Gasteiger partial charge in [-0.25, -0.2) is 4.68 Å². The second kappa shape index (κ2) is 6.16. The minimum absolute atomic E-state index is 0.0233. The Morgan fingerprint density at radius 3 is 2.84 bits per heavy atom. The van der Waals surface area contributed by atoms with E-state index in [1.807, 2.05) is 12.1 Å². The van der Waals surface area contributed by atoms with Gasteiger partial charge in [-0.2, -0.15) is 10.4 Å².